The maximum atomic E-state index is 12.1. The molecule has 1 atom stereocenters. The number of carbonyl (C=O) groups excluding carboxylic acids is 3. The van der Waals surface area contributed by atoms with Crippen molar-refractivity contribution >= 4 is 23.6 Å². The van der Waals surface area contributed by atoms with Gasteiger partial charge >= 0.3 is 5.97 Å². The van der Waals surface area contributed by atoms with Gasteiger partial charge in [0.2, 0.25) is 0 Å². The van der Waals surface area contributed by atoms with Gasteiger partial charge in [-0.3, -0.25) is 14.4 Å². The number of benzene rings is 1. The number of hydrogen-bond donors (Lipinski definition) is 0. The topological polar surface area (TPSA) is 69.7 Å². The molecule has 0 spiro atoms. The van der Waals surface area contributed by atoms with E-state index >= 15 is 0 Å². The first-order chi connectivity index (χ1) is 11.0. The smallest absolute Gasteiger partial charge is 0.329 e. The van der Waals surface area contributed by atoms with Crippen molar-refractivity contribution in [3.8, 4) is 5.75 Å². The van der Waals surface area contributed by atoms with Gasteiger partial charge < -0.3 is 9.47 Å². The number of ketones is 2. The van der Waals surface area contributed by atoms with Crippen LogP contribution in [0.2, 0.25) is 0 Å². The van der Waals surface area contributed by atoms with E-state index in [2.05, 4.69) is 6.58 Å². The van der Waals surface area contributed by atoms with Crippen molar-refractivity contribution < 1.29 is 23.9 Å². The molecule has 0 saturated carbocycles. The lowest BCUT2D eigenvalue weighted by Crippen LogP contribution is -2.34. The summed E-state index contributed by atoms with van der Waals surface area (Å²) in [6.45, 7) is 5.43. The Balaban J connectivity index is 2.10. The summed E-state index contributed by atoms with van der Waals surface area (Å²) in [6, 6.07) is 7.06. The summed E-state index contributed by atoms with van der Waals surface area (Å²) in [7, 11) is 0. The monoisotopic (exact) mass is 312 g/mol. The Morgan fingerprint density at radius 2 is 2.17 bits per heavy atom. The van der Waals surface area contributed by atoms with Crippen LogP contribution in [-0.2, 0) is 19.1 Å². The molecule has 0 N–H and O–H groups in total. The Morgan fingerprint density at radius 1 is 1.39 bits per heavy atom. The molecule has 1 aliphatic heterocycles. The quantitative estimate of drug-likeness (QED) is 0.349. The van der Waals surface area contributed by atoms with Crippen LogP contribution in [0, 0.1) is 5.92 Å². The number of esters is 1. The fraction of sp³-hybridized carbons (Fsp3) is 0.167. The molecule has 5 heteroatoms. The highest BCUT2D eigenvalue weighted by atomic mass is 16.5. The maximum absolute atomic E-state index is 12.1. The summed E-state index contributed by atoms with van der Waals surface area (Å²) in [6.07, 6.45) is 5.50. The van der Waals surface area contributed by atoms with E-state index in [1.165, 1.54) is 19.1 Å². The summed E-state index contributed by atoms with van der Waals surface area (Å²) in [4.78, 5) is 35.5. The van der Waals surface area contributed by atoms with Gasteiger partial charge in [-0.2, -0.15) is 0 Å². The molecule has 1 aromatic rings. The minimum atomic E-state index is -1.42. The van der Waals surface area contributed by atoms with Crippen LogP contribution in [0.1, 0.15) is 12.5 Å². The molecule has 0 fully saturated rings. The highest BCUT2D eigenvalue weighted by Gasteiger charge is 2.36. The molecule has 118 valence electrons. The van der Waals surface area contributed by atoms with E-state index in [1.807, 2.05) is 0 Å². The van der Waals surface area contributed by atoms with E-state index < -0.39 is 23.5 Å². The maximum Gasteiger partial charge on any atom is 0.329 e. The van der Waals surface area contributed by atoms with Crippen molar-refractivity contribution in [3.05, 3.63) is 60.4 Å². The molecule has 0 radical (unpaired) electrons. The van der Waals surface area contributed by atoms with Gasteiger partial charge in [-0.25, -0.2) is 0 Å². The van der Waals surface area contributed by atoms with Crippen molar-refractivity contribution in [2.75, 3.05) is 6.61 Å². The second-order valence-corrected chi connectivity index (χ2v) is 4.92. The summed E-state index contributed by atoms with van der Waals surface area (Å²) >= 11 is 0. The number of ether oxygens (including phenoxy) is 2. The lowest BCUT2D eigenvalue weighted by molar-refractivity contribution is -0.151. The van der Waals surface area contributed by atoms with E-state index in [-0.39, 0.29) is 5.76 Å². The zero-order valence-electron chi connectivity index (χ0n) is 12.7. The van der Waals surface area contributed by atoms with E-state index in [1.54, 1.807) is 30.3 Å². The molecule has 1 aliphatic rings. The fourth-order valence-electron chi connectivity index (χ4n) is 2.04. The molecule has 0 saturated heterocycles. The predicted octanol–water partition coefficient (Wildman–Crippen LogP) is 2.48. The van der Waals surface area contributed by atoms with E-state index in [4.69, 9.17) is 9.47 Å². The molecule has 5 nitrogen and oxygen atoms in total. The van der Waals surface area contributed by atoms with E-state index in [0.717, 1.165) is 6.08 Å². The zero-order chi connectivity index (χ0) is 16.8. The first-order valence-corrected chi connectivity index (χ1v) is 7.01. The van der Waals surface area contributed by atoms with Crippen LogP contribution in [0.3, 0.4) is 0 Å². The summed E-state index contributed by atoms with van der Waals surface area (Å²) in [5.41, 5.74) is 0.711. The molecule has 23 heavy (non-hydrogen) atoms. The van der Waals surface area contributed by atoms with E-state index in [9.17, 15) is 14.4 Å². The molecule has 1 aromatic carbocycles. The van der Waals surface area contributed by atoms with Crippen LogP contribution in [0.25, 0.3) is 6.08 Å². The van der Waals surface area contributed by atoms with Crippen molar-refractivity contribution in [2.24, 2.45) is 5.92 Å². The summed E-state index contributed by atoms with van der Waals surface area (Å²) < 4.78 is 10.2. The van der Waals surface area contributed by atoms with Crippen LogP contribution in [0.15, 0.2) is 54.8 Å². The predicted molar refractivity (Wildman–Crippen MR) is 84.5 cm³/mol. The highest BCUT2D eigenvalue weighted by molar-refractivity contribution is 6.25. The number of hydrogen-bond acceptors (Lipinski definition) is 5. The summed E-state index contributed by atoms with van der Waals surface area (Å²) in [5, 5.41) is 0. The largest absolute Gasteiger partial charge is 0.490 e. The number of allylic oxidation sites excluding steroid dienone is 3. The minimum Gasteiger partial charge on any atom is -0.490 e. The van der Waals surface area contributed by atoms with Gasteiger partial charge in [0.25, 0.3) is 0 Å². The molecule has 0 aliphatic carbocycles. The van der Waals surface area contributed by atoms with Gasteiger partial charge in [-0.05, 0) is 30.7 Å². The Morgan fingerprint density at radius 3 is 2.87 bits per heavy atom. The van der Waals surface area contributed by atoms with Crippen molar-refractivity contribution in [3.63, 3.8) is 0 Å². The van der Waals surface area contributed by atoms with Crippen LogP contribution < -0.4 is 4.74 Å². The van der Waals surface area contributed by atoms with Gasteiger partial charge in [0, 0.05) is 6.08 Å². The molecule has 1 heterocycles. The Bertz CT molecular complexity index is 712. The minimum absolute atomic E-state index is 0.195. The second-order valence-electron chi connectivity index (χ2n) is 4.92. The van der Waals surface area contributed by atoms with Crippen molar-refractivity contribution in [2.45, 2.75) is 6.92 Å². The lowest BCUT2D eigenvalue weighted by Gasteiger charge is -2.15. The van der Waals surface area contributed by atoms with E-state index in [0.29, 0.717) is 17.9 Å². The van der Waals surface area contributed by atoms with Crippen molar-refractivity contribution in [1.82, 2.24) is 0 Å². The van der Waals surface area contributed by atoms with Gasteiger partial charge in [0.1, 0.15) is 18.1 Å². The van der Waals surface area contributed by atoms with Crippen molar-refractivity contribution in [1.29, 1.82) is 0 Å². The van der Waals surface area contributed by atoms with Crippen LogP contribution in [0.5, 0.6) is 5.75 Å². The summed E-state index contributed by atoms with van der Waals surface area (Å²) in [5.74, 6) is -2.60. The average molecular weight is 312 g/mol. The third-order valence-electron chi connectivity index (χ3n) is 3.08. The molecule has 1 unspecified atom stereocenters. The number of cyclic esters (lactones) is 1. The molecule has 0 amide bonds. The highest BCUT2D eigenvalue weighted by Crippen LogP contribution is 2.18. The van der Waals surface area contributed by atoms with Crippen LogP contribution in [0.4, 0.5) is 0 Å². The van der Waals surface area contributed by atoms with Crippen LogP contribution >= 0.6 is 0 Å². The SMILES string of the molecule is C=CCOc1cccc(C=CC(=O)C2C(=O)C=C(C)OC2=O)c1. The Kier molecular flexibility index (Phi) is 5.25. The van der Waals surface area contributed by atoms with Gasteiger partial charge in [0.15, 0.2) is 17.5 Å². The third kappa shape index (κ3) is 4.26. The van der Waals surface area contributed by atoms with Crippen LogP contribution in [-0.4, -0.2) is 24.1 Å². The lowest BCUT2D eigenvalue weighted by atomic mass is 9.96. The number of carbonyl (C=O) groups is 3. The molecular weight excluding hydrogens is 296 g/mol. The normalized spacial score (nSPS) is 17.6. The first kappa shape index (κ1) is 16.4. The average Bonchev–Trinajstić information content (AvgIpc) is 2.50. The van der Waals surface area contributed by atoms with Gasteiger partial charge in [-0.1, -0.05) is 30.9 Å². The zero-order valence-corrected chi connectivity index (χ0v) is 12.7. The standard InChI is InChI=1S/C18H16O5/c1-3-9-22-14-6-4-5-13(11-14)7-8-15(19)17-16(20)10-12(2)23-18(17)21/h3-8,10-11,17H,1,9H2,2H3. The Labute approximate surface area is 133 Å². The second kappa shape index (κ2) is 7.35. The first-order valence-electron chi connectivity index (χ1n) is 7.01. The Hall–Kier alpha value is -2.95. The molecule has 2 rings (SSSR count). The third-order valence-corrected chi connectivity index (χ3v) is 3.08. The van der Waals surface area contributed by atoms with Gasteiger partial charge in [-0.15, -0.1) is 0 Å². The molecular formula is C18H16O5. The van der Waals surface area contributed by atoms with Gasteiger partial charge in [0.05, 0.1) is 0 Å². The molecule has 0 aromatic heterocycles. The molecule has 0 bridgehead atoms. The number of rotatable bonds is 6. The fourth-order valence-corrected chi connectivity index (χ4v) is 2.04.